The van der Waals surface area contributed by atoms with Crippen molar-refractivity contribution >= 4 is 0 Å². The molecular weight excluding hydrogens is 198 g/mol. The summed E-state index contributed by atoms with van der Waals surface area (Å²) < 4.78 is 2.35. The van der Waals surface area contributed by atoms with Crippen LogP contribution in [0.15, 0.2) is 12.5 Å². The van der Waals surface area contributed by atoms with Crippen LogP contribution in [-0.2, 0) is 6.42 Å². The molecule has 0 aliphatic heterocycles. The smallest absolute Gasteiger partial charge is 0.0950 e. The zero-order valence-corrected chi connectivity index (χ0v) is 10.4. The maximum Gasteiger partial charge on any atom is 0.0950 e. The molecule has 0 bridgehead atoms. The van der Waals surface area contributed by atoms with E-state index in [1.54, 1.807) is 0 Å². The Morgan fingerprint density at radius 1 is 1.44 bits per heavy atom. The zero-order valence-electron chi connectivity index (χ0n) is 10.4. The van der Waals surface area contributed by atoms with E-state index in [9.17, 15) is 0 Å². The quantitative estimate of drug-likeness (QED) is 0.852. The van der Waals surface area contributed by atoms with E-state index >= 15 is 0 Å². The molecule has 1 aliphatic carbocycles. The van der Waals surface area contributed by atoms with Crippen molar-refractivity contribution in [3.05, 3.63) is 18.2 Å². The van der Waals surface area contributed by atoms with Crippen LogP contribution in [0.1, 0.15) is 51.3 Å². The molecule has 2 rings (SSSR count). The largest absolute Gasteiger partial charge is 0.332 e. The molecule has 1 aromatic rings. The summed E-state index contributed by atoms with van der Waals surface area (Å²) in [4.78, 5) is 4.26. The number of hydrogen-bond acceptors (Lipinski definition) is 2. The first-order valence-electron chi connectivity index (χ1n) is 6.33. The first-order valence-corrected chi connectivity index (χ1v) is 6.33. The highest BCUT2D eigenvalue weighted by Gasteiger charge is 2.28. The lowest BCUT2D eigenvalue weighted by Gasteiger charge is -2.35. The summed E-state index contributed by atoms with van der Waals surface area (Å²) in [5.41, 5.74) is 7.45. The molecule has 3 nitrogen and oxygen atoms in total. The predicted molar refractivity (Wildman–Crippen MR) is 66.3 cm³/mol. The lowest BCUT2D eigenvalue weighted by molar-refractivity contribution is 0.192. The lowest BCUT2D eigenvalue weighted by atomic mass is 9.75. The van der Waals surface area contributed by atoms with Gasteiger partial charge in [-0.1, -0.05) is 13.8 Å². The summed E-state index contributed by atoms with van der Waals surface area (Å²) in [7, 11) is 0. The predicted octanol–water partition coefficient (Wildman–Crippen LogP) is 2.53. The molecule has 0 spiro atoms. The minimum Gasteiger partial charge on any atom is -0.332 e. The van der Waals surface area contributed by atoms with Gasteiger partial charge in [-0.3, -0.25) is 0 Å². The molecule has 0 atom stereocenters. The van der Waals surface area contributed by atoms with E-state index in [1.165, 1.54) is 31.4 Å². The Hall–Kier alpha value is -0.830. The van der Waals surface area contributed by atoms with Gasteiger partial charge in [-0.05, 0) is 37.6 Å². The van der Waals surface area contributed by atoms with Gasteiger partial charge in [0.05, 0.1) is 6.33 Å². The van der Waals surface area contributed by atoms with E-state index in [2.05, 4.69) is 23.4 Å². The van der Waals surface area contributed by atoms with Crippen LogP contribution in [0.5, 0.6) is 0 Å². The number of hydrogen-bond donors (Lipinski definition) is 1. The first kappa shape index (κ1) is 11.6. The molecule has 1 fully saturated rings. The molecule has 16 heavy (non-hydrogen) atoms. The summed E-state index contributed by atoms with van der Waals surface area (Å²) >= 11 is 0. The van der Waals surface area contributed by atoms with Gasteiger partial charge in [-0.15, -0.1) is 0 Å². The maximum atomic E-state index is 5.62. The minimum atomic E-state index is 0.533. The van der Waals surface area contributed by atoms with E-state index in [1.807, 2.05) is 12.5 Å². The van der Waals surface area contributed by atoms with Crippen LogP contribution < -0.4 is 5.73 Å². The van der Waals surface area contributed by atoms with Crippen molar-refractivity contribution in [1.29, 1.82) is 0 Å². The summed E-state index contributed by atoms with van der Waals surface area (Å²) in [5.74, 6) is 0. The van der Waals surface area contributed by atoms with Crippen LogP contribution in [0.2, 0.25) is 0 Å². The van der Waals surface area contributed by atoms with E-state index in [-0.39, 0.29) is 0 Å². The lowest BCUT2D eigenvalue weighted by Crippen LogP contribution is -2.24. The van der Waals surface area contributed by atoms with Crippen molar-refractivity contribution in [3.8, 4) is 0 Å². The molecular formula is C13H23N3. The molecule has 0 aromatic carbocycles. The van der Waals surface area contributed by atoms with Crippen LogP contribution in [0.25, 0.3) is 0 Å². The number of imidazole rings is 1. The Bertz CT molecular complexity index is 331. The van der Waals surface area contributed by atoms with E-state index in [0.29, 0.717) is 18.0 Å². The molecule has 1 aliphatic rings. The fourth-order valence-corrected chi connectivity index (χ4v) is 2.66. The minimum absolute atomic E-state index is 0.533. The highest BCUT2D eigenvalue weighted by molar-refractivity contribution is 5.02. The van der Waals surface area contributed by atoms with Gasteiger partial charge in [0, 0.05) is 24.4 Å². The summed E-state index contributed by atoms with van der Waals surface area (Å²) in [5, 5.41) is 0. The van der Waals surface area contributed by atoms with Crippen LogP contribution in [0, 0.1) is 5.41 Å². The second kappa shape index (κ2) is 4.58. The average Bonchev–Trinajstić information content (AvgIpc) is 2.67. The van der Waals surface area contributed by atoms with Crippen LogP contribution >= 0.6 is 0 Å². The van der Waals surface area contributed by atoms with Crippen molar-refractivity contribution in [2.45, 2.75) is 52.0 Å². The van der Waals surface area contributed by atoms with Gasteiger partial charge in [0.15, 0.2) is 0 Å². The summed E-state index contributed by atoms with van der Waals surface area (Å²) in [6, 6.07) is 0.650. The average molecular weight is 221 g/mol. The van der Waals surface area contributed by atoms with Gasteiger partial charge < -0.3 is 10.3 Å². The zero-order chi connectivity index (χ0) is 11.6. The van der Waals surface area contributed by atoms with Gasteiger partial charge in [-0.25, -0.2) is 4.98 Å². The van der Waals surface area contributed by atoms with Crippen LogP contribution in [0.4, 0.5) is 0 Å². The molecule has 0 unspecified atom stereocenters. The fourth-order valence-electron chi connectivity index (χ4n) is 2.66. The van der Waals surface area contributed by atoms with Crippen molar-refractivity contribution in [2.75, 3.05) is 6.54 Å². The normalized spacial score (nSPS) is 21.2. The van der Waals surface area contributed by atoms with Gasteiger partial charge >= 0.3 is 0 Å². The van der Waals surface area contributed by atoms with Gasteiger partial charge in [-0.2, -0.15) is 0 Å². The monoisotopic (exact) mass is 221 g/mol. The maximum absolute atomic E-state index is 5.62. The van der Waals surface area contributed by atoms with Crippen molar-refractivity contribution in [1.82, 2.24) is 9.55 Å². The molecule has 2 N–H and O–H groups in total. The summed E-state index contributed by atoms with van der Waals surface area (Å²) in [6.45, 7) is 5.46. The van der Waals surface area contributed by atoms with E-state index in [0.717, 1.165) is 6.42 Å². The van der Waals surface area contributed by atoms with Crippen molar-refractivity contribution in [2.24, 2.45) is 11.1 Å². The Kier molecular flexibility index (Phi) is 3.33. The Labute approximate surface area is 98.1 Å². The summed E-state index contributed by atoms with van der Waals surface area (Å²) in [6.07, 6.45) is 10.1. The Morgan fingerprint density at radius 3 is 2.75 bits per heavy atom. The highest BCUT2D eigenvalue weighted by Crippen LogP contribution is 2.40. The molecule has 0 amide bonds. The first-order chi connectivity index (χ1) is 7.62. The van der Waals surface area contributed by atoms with Gasteiger partial charge in [0.25, 0.3) is 0 Å². The molecule has 90 valence electrons. The number of aromatic nitrogens is 2. The second-order valence-corrected chi connectivity index (χ2v) is 5.73. The fraction of sp³-hybridized carbons (Fsp3) is 0.769. The third-order valence-corrected chi connectivity index (χ3v) is 3.85. The highest BCUT2D eigenvalue weighted by atomic mass is 15.1. The number of nitrogens with zero attached hydrogens (tertiary/aromatic N) is 2. The third kappa shape index (κ3) is 2.46. The molecule has 1 aromatic heterocycles. The standard InChI is InChI=1S/C13H23N3/c1-13(2)6-3-11(4-7-13)16-10-15-9-12(16)5-8-14/h9-11H,3-8,14H2,1-2H3. The van der Waals surface area contributed by atoms with E-state index < -0.39 is 0 Å². The third-order valence-electron chi connectivity index (χ3n) is 3.85. The molecule has 1 heterocycles. The Balaban J connectivity index is 2.05. The van der Waals surface area contributed by atoms with Crippen LogP contribution in [-0.4, -0.2) is 16.1 Å². The van der Waals surface area contributed by atoms with Crippen molar-refractivity contribution < 1.29 is 0 Å². The molecule has 3 heteroatoms. The van der Waals surface area contributed by atoms with E-state index in [4.69, 9.17) is 5.73 Å². The molecule has 0 saturated heterocycles. The van der Waals surface area contributed by atoms with Gasteiger partial charge in [0.2, 0.25) is 0 Å². The SMILES string of the molecule is CC1(C)CCC(n2cncc2CCN)CC1. The number of rotatable bonds is 3. The molecule has 0 radical (unpaired) electrons. The number of nitrogens with two attached hydrogens (primary N) is 1. The topological polar surface area (TPSA) is 43.8 Å². The second-order valence-electron chi connectivity index (χ2n) is 5.73. The van der Waals surface area contributed by atoms with Crippen LogP contribution in [0.3, 0.4) is 0 Å². The Morgan fingerprint density at radius 2 is 2.12 bits per heavy atom. The molecule has 1 saturated carbocycles. The van der Waals surface area contributed by atoms with Crippen molar-refractivity contribution in [3.63, 3.8) is 0 Å². The van der Waals surface area contributed by atoms with Gasteiger partial charge in [0.1, 0.15) is 0 Å².